The molecular weight excluding hydrogens is 424 g/mol. The number of benzene rings is 4. The van der Waals surface area contributed by atoms with Crippen LogP contribution in [0.3, 0.4) is 0 Å². The third-order valence-electron chi connectivity index (χ3n) is 5.62. The van der Waals surface area contributed by atoms with Gasteiger partial charge in [-0.25, -0.2) is 17.6 Å². The maximum Gasteiger partial charge on any atom is 0.195 e. The Labute approximate surface area is 190 Å². The first kappa shape index (κ1) is 22.6. The third-order valence-corrected chi connectivity index (χ3v) is 5.62. The maximum atomic E-state index is 14.3. The number of aryl methyl sites for hydroxylation is 1. The summed E-state index contributed by atoms with van der Waals surface area (Å²) in [5.41, 5.74) is 4.46. The topological polar surface area (TPSA) is 0 Å². The zero-order valence-corrected chi connectivity index (χ0v) is 18.2. The summed E-state index contributed by atoms with van der Waals surface area (Å²) in [5, 5.41) is -0.663. The summed E-state index contributed by atoms with van der Waals surface area (Å²) in [6.45, 7) is 2.20. The van der Waals surface area contributed by atoms with Gasteiger partial charge in [-0.1, -0.05) is 68.0 Å². The minimum Gasteiger partial charge on any atom is -0.206 e. The number of hydrogen-bond acceptors (Lipinski definition) is 0. The van der Waals surface area contributed by atoms with Crippen LogP contribution in [0, 0.1) is 35.1 Å². The summed E-state index contributed by atoms with van der Waals surface area (Å²) in [6, 6.07) is 19.3. The lowest BCUT2D eigenvalue weighted by atomic mass is 10.0. The van der Waals surface area contributed by atoms with Crippen molar-refractivity contribution >= 4 is 10.8 Å². The fourth-order valence-corrected chi connectivity index (χ4v) is 3.79. The van der Waals surface area contributed by atoms with Crippen molar-refractivity contribution in [3.8, 4) is 23.0 Å². The minimum atomic E-state index is -1.69. The monoisotopic (exact) mass is 446 g/mol. The van der Waals surface area contributed by atoms with E-state index in [9.17, 15) is 17.6 Å². The average molecular weight is 446 g/mol. The quantitative estimate of drug-likeness (QED) is 0.125. The van der Waals surface area contributed by atoms with Crippen molar-refractivity contribution in [2.24, 2.45) is 0 Å². The van der Waals surface area contributed by atoms with Crippen LogP contribution >= 0.6 is 0 Å². The lowest BCUT2D eigenvalue weighted by Crippen LogP contribution is -1.95. The Morgan fingerprint density at radius 1 is 0.636 bits per heavy atom. The second-order valence-corrected chi connectivity index (χ2v) is 8.02. The van der Waals surface area contributed by atoms with Gasteiger partial charge in [0, 0.05) is 11.1 Å². The third kappa shape index (κ3) is 5.09. The van der Waals surface area contributed by atoms with Crippen molar-refractivity contribution in [3.63, 3.8) is 0 Å². The first-order valence-electron chi connectivity index (χ1n) is 10.9. The molecule has 0 fully saturated rings. The lowest BCUT2D eigenvalue weighted by Gasteiger charge is -2.05. The maximum absolute atomic E-state index is 14.3. The largest absolute Gasteiger partial charge is 0.206 e. The fraction of sp³-hybridized carbons (Fsp3) is 0.172. The van der Waals surface area contributed by atoms with E-state index in [1.54, 1.807) is 0 Å². The van der Waals surface area contributed by atoms with E-state index < -0.39 is 28.7 Å². The molecule has 0 heterocycles. The summed E-state index contributed by atoms with van der Waals surface area (Å²) < 4.78 is 55.1. The van der Waals surface area contributed by atoms with Crippen LogP contribution < -0.4 is 0 Å². The van der Waals surface area contributed by atoms with Crippen molar-refractivity contribution < 1.29 is 17.6 Å². The molecule has 0 atom stereocenters. The highest BCUT2D eigenvalue weighted by atomic mass is 19.2. The van der Waals surface area contributed by atoms with Crippen molar-refractivity contribution in [2.75, 3.05) is 0 Å². The van der Waals surface area contributed by atoms with E-state index in [1.165, 1.54) is 30.9 Å². The molecule has 0 amide bonds. The zero-order valence-electron chi connectivity index (χ0n) is 18.2. The van der Waals surface area contributed by atoms with Gasteiger partial charge in [-0.3, -0.25) is 0 Å². The lowest BCUT2D eigenvalue weighted by molar-refractivity contribution is 0.451. The standard InChI is InChI=1S/C29H22F4/c1-2-3-4-5-19-8-12-22(13-9-19)23-14-10-20(11-15-23)6-7-21-16-24-18-26(31)28(32)29(33)27(24)25(30)17-21/h8-18H,2-5H2,1H3. The van der Waals surface area contributed by atoms with E-state index in [1.807, 2.05) is 24.3 Å². The molecule has 0 aliphatic heterocycles. The van der Waals surface area contributed by atoms with Gasteiger partial charge in [0.25, 0.3) is 0 Å². The molecule has 0 saturated carbocycles. The summed E-state index contributed by atoms with van der Waals surface area (Å²) in [7, 11) is 0. The molecule has 4 rings (SSSR count). The number of rotatable bonds is 5. The van der Waals surface area contributed by atoms with Crippen LogP contribution in [0.2, 0.25) is 0 Å². The minimum absolute atomic E-state index is 0.0795. The Morgan fingerprint density at radius 3 is 1.94 bits per heavy atom. The molecule has 166 valence electrons. The number of halogens is 4. The molecule has 0 aromatic heterocycles. The van der Waals surface area contributed by atoms with Crippen LogP contribution in [-0.4, -0.2) is 0 Å². The van der Waals surface area contributed by atoms with E-state index in [4.69, 9.17) is 0 Å². The van der Waals surface area contributed by atoms with Crippen LogP contribution in [0.5, 0.6) is 0 Å². The molecule has 33 heavy (non-hydrogen) atoms. The van der Waals surface area contributed by atoms with Gasteiger partial charge in [0.1, 0.15) is 5.82 Å². The first-order valence-corrected chi connectivity index (χ1v) is 10.9. The van der Waals surface area contributed by atoms with Crippen LogP contribution in [0.15, 0.2) is 66.7 Å². The van der Waals surface area contributed by atoms with E-state index >= 15 is 0 Å². The van der Waals surface area contributed by atoms with E-state index in [0.29, 0.717) is 5.56 Å². The van der Waals surface area contributed by atoms with Crippen molar-refractivity contribution in [2.45, 2.75) is 32.6 Å². The van der Waals surface area contributed by atoms with E-state index in [-0.39, 0.29) is 10.9 Å². The van der Waals surface area contributed by atoms with Crippen molar-refractivity contribution in [3.05, 3.63) is 107 Å². The Kier molecular flexibility index (Phi) is 6.79. The van der Waals surface area contributed by atoms with Gasteiger partial charge in [-0.15, -0.1) is 0 Å². The van der Waals surface area contributed by atoms with Gasteiger partial charge in [0.2, 0.25) is 0 Å². The van der Waals surface area contributed by atoms with Gasteiger partial charge in [-0.05, 0) is 65.3 Å². The molecule has 0 aliphatic carbocycles. The predicted molar refractivity (Wildman–Crippen MR) is 125 cm³/mol. The van der Waals surface area contributed by atoms with E-state index in [0.717, 1.165) is 29.7 Å². The second kappa shape index (κ2) is 9.92. The van der Waals surface area contributed by atoms with Crippen LogP contribution in [0.25, 0.3) is 21.9 Å². The highest BCUT2D eigenvalue weighted by Crippen LogP contribution is 2.27. The van der Waals surface area contributed by atoms with Crippen LogP contribution in [0.1, 0.15) is 42.9 Å². The van der Waals surface area contributed by atoms with Crippen LogP contribution in [0.4, 0.5) is 17.6 Å². The molecule has 4 aromatic carbocycles. The van der Waals surface area contributed by atoms with E-state index in [2.05, 4.69) is 43.0 Å². The number of unbranched alkanes of at least 4 members (excludes halogenated alkanes) is 2. The predicted octanol–water partition coefficient (Wildman–Crippen LogP) is 8.20. The SMILES string of the molecule is CCCCCc1ccc(-c2ccc(C#Cc3cc(F)c4c(F)c(F)c(F)cc4c3)cc2)cc1. The fourth-order valence-electron chi connectivity index (χ4n) is 3.79. The van der Waals surface area contributed by atoms with Gasteiger partial charge < -0.3 is 0 Å². The summed E-state index contributed by atoms with van der Waals surface area (Å²) >= 11 is 0. The highest BCUT2D eigenvalue weighted by molar-refractivity contribution is 5.85. The van der Waals surface area contributed by atoms with Gasteiger partial charge in [0.05, 0.1) is 5.39 Å². The second-order valence-electron chi connectivity index (χ2n) is 8.02. The smallest absolute Gasteiger partial charge is 0.195 e. The molecule has 0 unspecified atom stereocenters. The highest BCUT2D eigenvalue weighted by Gasteiger charge is 2.17. The molecule has 0 bridgehead atoms. The molecule has 4 heteroatoms. The molecule has 0 spiro atoms. The van der Waals surface area contributed by atoms with Gasteiger partial charge >= 0.3 is 0 Å². The molecule has 0 radical (unpaired) electrons. The van der Waals surface area contributed by atoms with Gasteiger partial charge in [-0.2, -0.15) is 0 Å². The summed E-state index contributed by atoms with van der Waals surface area (Å²) in [6.07, 6.45) is 4.74. The molecular formula is C29H22F4. The first-order chi connectivity index (χ1) is 16.0. The zero-order chi connectivity index (χ0) is 23.4. The van der Waals surface area contributed by atoms with Crippen LogP contribution in [-0.2, 0) is 6.42 Å². The molecule has 4 aromatic rings. The number of hydrogen-bond donors (Lipinski definition) is 0. The van der Waals surface area contributed by atoms with Crippen molar-refractivity contribution in [1.82, 2.24) is 0 Å². The number of fused-ring (bicyclic) bond motifs is 1. The summed E-state index contributed by atoms with van der Waals surface area (Å²) in [4.78, 5) is 0. The Morgan fingerprint density at radius 2 is 1.27 bits per heavy atom. The molecule has 0 saturated heterocycles. The Hall–Kier alpha value is -3.58. The summed E-state index contributed by atoms with van der Waals surface area (Å²) in [5.74, 6) is 0.166. The Bertz CT molecular complexity index is 1340. The Balaban J connectivity index is 1.53. The average Bonchev–Trinajstić information content (AvgIpc) is 2.82. The molecule has 0 N–H and O–H groups in total. The van der Waals surface area contributed by atoms with Gasteiger partial charge in [0.15, 0.2) is 17.5 Å². The molecule has 0 nitrogen and oxygen atoms in total. The van der Waals surface area contributed by atoms with Crippen molar-refractivity contribution in [1.29, 1.82) is 0 Å². The normalized spacial score (nSPS) is 10.8. The molecule has 0 aliphatic rings.